The van der Waals surface area contributed by atoms with Crippen LogP contribution in [0.5, 0.6) is 0 Å². The summed E-state index contributed by atoms with van der Waals surface area (Å²) in [6.45, 7) is 2.51. The number of ether oxygens (including phenoxy) is 1. The lowest BCUT2D eigenvalue weighted by atomic mass is 10.0. The van der Waals surface area contributed by atoms with E-state index in [1.165, 1.54) is 17.9 Å². The van der Waals surface area contributed by atoms with Gasteiger partial charge in [0.2, 0.25) is 5.95 Å². The molecule has 0 aliphatic carbocycles. The molecule has 0 aromatic carbocycles. The maximum atomic E-state index is 12.7. The average Bonchev–Trinajstić information content (AvgIpc) is 3.00. The van der Waals surface area contributed by atoms with Crippen molar-refractivity contribution in [1.29, 1.82) is 0 Å². The van der Waals surface area contributed by atoms with Crippen molar-refractivity contribution in [2.75, 3.05) is 44.0 Å². The molecule has 0 bridgehead atoms. The van der Waals surface area contributed by atoms with Crippen molar-refractivity contribution < 1.29 is 26.7 Å². The molecule has 4 heterocycles. The lowest BCUT2D eigenvalue weighted by molar-refractivity contribution is -0.137. The first-order chi connectivity index (χ1) is 15.0. The van der Waals surface area contributed by atoms with Crippen LogP contribution < -0.4 is 10.6 Å². The number of hydrogen-bond acceptors (Lipinski definition) is 7. The first-order valence-corrected chi connectivity index (χ1v) is 10.1. The van der Waals surface area contributed by atoms with E-state index >= 15 is 0 Å². The Morgan fingerprint density at radius 2 is 1.84 bits per heavy atom. The number of aryl methyl sites for hydroxylation is 1. The number of rotatable bonds is 4. The number of halogens is 6. The van der Waals surface area contributed by atoms with Gasteiger partial charge < -0.3 is 15.4 Å². The minimum atomic E-state index is -4.52. The van der Waals surface area contributed by atoms with E-state index in [0.717, 1.165) is 13.2 Å². The molecule has 2 saturated heterocycles. The predicted molar refractivity (Wildman–Crippen MR) is 108 cm³/mol. The van der Waals surface area contributed by atoms with Gasteiger partial charge in [-0.3, -0.25) is 9.58 Å². The molecule has 14 heteroatoms. The van der Waals surface area contributed by atoms with E-state index in [2.05, 4.69) is 30.6 Å². The van der Waals surface area contributed by atoms with Crippen LogP contribution in [-0.2, 0) is 18.0 Å². The van der Waals surface area contributed by atoms with Crippen LogP contribution in [0.3, 0.4) is 0 Å². The van der Waals surface area contributed by atoms with Gasteiger partial charge in [-0.15, -0.1) is 0 Å². The van der Waals surface area contributed by atoms with Crippen LogP contribution in [0.2, 0.25) is 5.15 Å². The molecule has 2 aliphatic rings. The van der Waals surface area contributed by atoms with Crippen LogP contribution in [0.15, 0.2) is 12.4 Å². The molecule has 2 fully saturated rings. The third-order valence-corrected chi connectivity index (χ3v) is 5.56. The highest BCUT2D eigenvalue weighted by molar-refractivity contribution is 6.32. The molecule has 2 aromatic heterocycles. The third-order valence-electron chi connectivity index (χ3n) is 5.11. The van der Waals surface area contributed by atoms with Gasteiger partial charge in [-0.25, -0.2) is 13.8 Å². The minimum Gasteiger partial charge on any atom is -0.378 e. The maximum absolute atomic E-state index is 12.7. The van der Waals surface area contributed by atoms with Gasteiger partial charge in [-0.1, -0.05) is 11.6 Å². The van der Waals surface area contributed by atoms with E-state index in [1.54, 1.807) is 7.05 Å². The summed E-state index contributed by atoms with van der Waals surface area (Å²) >= 11 is 5.92. The number of anilines is 3. The number of nitrogens with zero attached hydrogens (tertiary/aromatic N) is 5. The van der Waals surface area contributed by atoms with Crippen molar-refractivity contribution >= 4 is 29.1 Å². The van der Waals surface area contributed by atoms with Gasteiger partial charge in [0.1, 0.15) is 16.5 Å². The van der Waals surface area contributed by atoms with Crippen LogP contribution in [0, 0.1) is 0 Å². The van der Waals surface area contributed by atoms with Crippen molar-refractivity contribution in [3.05, 3.63) is 23.1 Å². The van der Waals surface area contributed by atoms with E-state index in [0.29, 0.717) is 36.2 Å². The topological polar surface area (TPSA) is 80.1 Å². The van der Waals surface area contributed by atoms with Gasteiger partial charge in [-0.2, -0.15) is 23.3 Å². The van der Waals surface area contributed by atoms with Crippen LogP contribution in [0.25, 0.3) is 0 Å². The Balaban J connectivity index is 0.000000204. The number of piperidine rings is 1. The predicted octanol–water partition coefficient (Wildman–Crippen LogP) is 3.78. The van der Waals surface area contributed by atoms with Gasteiger partial charge in [0.15, 0.2) is 0 Å². The van der Waals surface area contributed by atoms with Crippen LogP contribution >= 0.6 is 11.6 Å². The number of nitrogens with one attached hydrogen (secondary N) is 2. The molecule has 0 radical (unpaired) electrons. The fraction of sp³-hybridized carbons (Fsp3) is 0.611. The highest BCUT2D eigenvalue weighted by Gasteiger charge is 2.38. The number of aromatic nitrogens is 4. The van der Waals surface area contributed by atoms with E-state index in [-0.39, 0.29) is 24.6 Å². The van der Waals surface area contributed by atoms with E-state index in [4.69, 9.17) is 16.3 Å². The number of likely N-dealkylation sites (tertiary alicyclic amines) is 1. The van der Waals surface area contributed by atoms with E-state index in [1.807, 2.05) is 0 Å². The SMILES string of the molecule is CNc1nc(Nc2cnn(C)c2Cl)ncc1C(F)(F)F.FC1(F)CCN(C2COC2)CC1. The lowest BCUT2D eigenvalue weighted by Crippen LogP contribution is -2.53. The summed E-state index contributed by atoms with van der Waals surface area (Å²) in [4.78, 5) is 9.49. The minimum absolute atomic E-state index is 0.0164. The lowest BCUT2D eigenvalue weighted by Gasteiger charge is -2.41. The van der Waals surface area contributed by atoms with Gasteiger partial charge >= 0.3 is 6.18 Å². The van der Waals surface area contributed by atoms with E-state index in [9.17, 15) is 22.0 Å². The smallest absolute Gasteiger partial charge is 0.378 e. The van der Waals surface area contributed by atoms with Gasteiger partial charge in [0.25, 0.3) is 5.92 Å². The summed E-state index contributed by atoms with van der Waals surface area (Å²) in [6.07, 6.45) is -2.37. The molecule has 178 valence electrons. The average molecular weight is 484 g/mol. The Hall–Kier alpha value is -2.25. The molecule has 4 rings (SSSR count). The van der Waals surface area contributed by atoms with Crippen LogP contribution in [-0.4, -0.2) is 70.0 Å². The van der Waals surface area contributed by atoms with Gasteiger partial charge in [-0.05, 0) is 0 Å². The molecular weight excluding hydrogens is 461 g/mol. The highest BCUT2D eigenvalue weighted by Crippen LogP contribution is 2.34. The molecule has 0 saturated carbocycles. The third kappa shape index (κ3) is 5.95. The normalized spacial score (nSPS) is 19.0. The zero-order chi connectivity index (χ0) is 23.5. The molecule has 32 heavy (non-hydrogen) atoms. The summed E-state index contributed by atoms with van der Waals surface area (Å²) in [5.41, 5.74) is -0.543. The van der Waals surface area contributed by atoms with Crippen molar-refractivity contribution in [2.45, 2.75) is 31.0 Å². The fourth-order valence-corrected chi connectivity index (χ4v) is 3.26. The Kier molecular flexibility index (Phi) is 7.40. The fourth-order valence-electron chi connectivity index (χ4n) is 3.12. The molecular formula is C18H23ClF5N7O. The first kappa shape index (κ1) is 24.4. The first-order valence-electron chi connectivity index (χ1n) is 9.76. The van der Waals surface area contributed by atoms with Crippen LogP contribution in [0.1, 0.15) is 18.4 Å². The molecule has 0 amide bonds. The largest absolute Gasteiger partial charge is 0.421 e. The zero-order valence-corrected chi connectivity index (χ0v) is 18.1. The van der Waals surface area contributed by atoms with Crippen molar-refractivity contribution in [3.63, 3.8) is 0 Å². The zero-order valence-electron chi connectivity index (χ0n) is 17.4. The van der Waals surface area contributed by atoms with Crippen molar-refractivity contribution in [1.82, 2.24) is 24.6 Å². The van der Waals surface area contributed by atoms with Crippen LogP contribution in [0.4, 0.5) is 39.4 Å². The van der Waals surface area contributed by atoms with Crippen molar-refractivity contribution in [2.24, 2.45) is 7.05 Å². The second kappa shape index (κ2) is 9.71. The standard InChI is InChI=1S/C10H10ClF3N6.C8H13F2NO/c1-15-8-5(10(12,13)14)3-16-9(19-8)18-6-4-17-20(2)7(6)11;9-8(10)1-3-11(4-2-8)7-5-12-6-7/h3-4H,1-2H3,(H2,15,16,18,19);7H,1-6H2. The molecule has 8 nitrogen and oxygen atoms in total. The second-order valence-corrected chi connectivity index (χ2v) is 7.74. The molecule has 0 spiro atoms. The summed E-state index contributed by atoms with van der Waals surface area (Å²) in [5.74, 6) is -2.76. The maximum Gasteiger partial charge on any atom is 0.421 e. The summed E-state index contributed by atoms with van der Waals surface area (Å²) < 4.78 is 69.9. The number of hydrogen-bond donors (Lipinski definition) is 2. The Labute approximate surface area is 186 Å². The van der Waals surface area contributed by atoms with Crippen molar-refractivity contribution in [3.8, 4) is 0 Å². The molecule has 0 atom stereocenters. The second-order valence-electron chi connectivity index (χ2n) is 7.38. The Morgan fingerprint density at radius 3 is 2.31 bits per heavy atom. The molecule has 0 unspecified atom stereocenters. The van der Waals surface area contributed by atoms with Gasteiger partial charge in [0, 0.05) is 46.2 Å². The van der Waals surface area contributed by atoms with Gasteiger partial charge in [0.05, 0.1) is 31.1 Å². The number of alkyl halides is 5. The summed E-state index contributed by atoms with van der Waals surface area (Å²) in [6, 6.07) is 0.418. The molecule has 2 N–H and O–H groups in total. The van der Waals surface area contributed by atoms with E-state index < -0.39 is 17.7 Å². The quantitative estimate of drug-likeness (QED) is 0.641. The Bertz CT molecular complexity index is 910. The molecule has 2 aliphatic heterocycles. The molecule has 2 aromatic rings. The summed E-state index contributed by atoms with van der Waals surface area (Å²) in [5, 5.41) is 9.26. The summed E-state index contributed by atoms with van der Waals surface area (Å²) in [7, 11) is 2.97. The monoisotopic (exact) mass is 483 g/mol. The highest BCUT2D eigenvalue weighted by atomic mass is 35.5. The Morgan fingerprint density at radius 1 is 1.19 bits per heavy atom.